The minimum Gasteiger partial charge on any atom is -0.478 e. The van der Waals surface area contributed by atoms with Gasteiger partial charge in [-0.1, -0.05) is 24.3 Å². The smallest absolute Gasteiger partial charge is 0.335 e. The number of carbonyl (C=O) groups excluding carboxylic acids is 1. The first kappa shape index (κ1) is 16.2. The standard InChI is InChI=1S/C19H19NO4/c1-13-4-2-3-5-16(13)17-12-20(10-11-24-17)18(21)14-6-8-15(9-7-14)19(22)23/h2-9,17H,10-12H2,1H3,(H,22,23)/t17-/m0/s1. The lowest BCUT2D eigenvalue weighted by Gasteiger charge is -2.34. The quantitative estimate of drug-likeness (QED) is 0.942. The van der Waals surface area contributed by atoms with Gasteiger partial charge in [-0.15, -0.1) is 0 Å². The summed E-state index contributed by atoms with van der Waals surface area (Å²) < 4.78 is 5.84. The molecule has 1 aliphatic rings. The number of carbonyl (C=O) groups is 2. The van der Waals surface area contributed by atoms with Crippen molar-refractivity contribution in [1.29, 1.82) is 0 Å². The third-order valence-electron chi connectivity index (χ3n) is 4.27. The van der Waals surface area contributed by atoms with Gasteiger partial charge in [-0.05, 0) is 42.3 Å². The molecule has 1 amide bonds. The SMILES string of the molecule is Cc1ccccc1[C@@H]1CN(C(=O)c2ccc(C(=O)O)cc2)CCO1. The van der Waals surface area contributed by atoms with Crippen LogP contribution in [0.25, 0.3) is 0 Å². The van der Waals surface area contributed by atoms with Crippen molar-refractivity contribution in [2.45, 2.75) is 13.0 Å². The van der Waals surface area contributed by atoms with Crippen LogP contribution in [-0.2, 0) is 4.74 Å². The Bertz CT molecular complexity index is 754. The molecule has 5 heteroatoms. The first-order valence-corrected chi connectivity index (χ1v) is 7.86. The summed E-state index contributed by atoms with van der Waals surface area (Å²) in [5.41, 5.74) is 2.90. The lowest BCUT2D eigenvalue weighted by molar-refractivity contribution is -0.0230. The molecule has 0 radical (unpaired) electrons. The third-order valence-corrected chi connectivity index (χ3v) is 4.27. The Morgan fingerprint density at radius 1 is 1.08 bits per heavy atom. The Morgan fingerprint density at radius 2 is 1.75 bits per heavy atom. The molecule has 2 aromatic carbocycles. The van der Waals surface area contributed by atoms with Crippen LogP contribution in [0.2, 0.25) is 0 Å². The van der Waals surface area contributed by atoms with Gasteiger partial charge >= 0.3 is 5.97 Å². The molecule has 1 atom stereocenters. The van der Waals surface area contributed by atoms with E-state index in [0.717, 1.165) is 11.1 Å². The molecule has 1 aliphatic heterocycles. The molecule has 1 fully saturated rings. The van der Waals surface area contributed by atoms with Crippen LogP contribution in [-0.4, -0.2) is 41.6 Å². The number of morpholine rings is 1. The van der Waals surface area contributed by atoms with Gasteiger partial charge in [-0.2, -0.15) is 0 Å². The van der Waals surface area contributed by atoms with Crippen molar-refractivity contribution in [2.24, 2.45) is 0 Å². The molecule has 0 unspecified atom stereocenters. The molecule has 2 aromatic rings. The summed E-state index contributed by atoms with van der Waals surface area (Å²) in [6, 6.07) is 14.0. The van der Waals surface area contributed by atoms with E-state index in [4.69, 9.17) is 9.84 Å². The van der Waals surface area contributed by atoms with E-state index >= 15 is 0 Å². The Kier molecular flexibility index (Phi) is 4.62. The molecule has 5 nitrogen and oxygen atoms in total. The van der Waals surface area contributed by atoms with Crippen LogP contribution in [0.5, 0.6) is 0 Å². The van der Waals surface area contributed by atoms with Gasteiger partial charge in [-0.3, -0.25) is 4.79 Å². The van der Waals surface area contributed by atoms with Crippen LogP contribution in [0, 0.1) is 6.92 Å². The molecule has 0 spiro atoms. The zero-order chi connectivity index (χ0) is 17.1. The Balaban J connectivity index is 1.75. The number of amides is 1. The second-order valence-corrected chi connectivity index (χ2v) is 5.85. The summed E-state index contributed by atoms with van der Waals surface area (Å²) in [7, 11) is 0. The average Bonchev–Trinajstić information content (AvgIpc) is 2.61. The highest BCUT2D eigenvalue weighted by molar-refractivity contribution is 5.96. The average molecular weight is 325 g/mol. The number of carboxylic acids is 1. The van der Waals surface area contributed by atoms with E-state index < -0.39 is 5.97 Å². The minimum atomic E-state index is -1.00. The van der Waals surface area contributed by atoms with Crippen LogP contribution in [0.15, 0.2) is 48.5 Å². The number of rotatable bonds is 3. The normalized spacial score (nSPS) is 17.5. The molecular weight excluding hydrogens is 306 g/mol. The summed E-state index contributed by atoms with van der Waals surface area (Å²) in [4.78, 5) is 25.3. The van der Waals surface area contributed by atoms with Crippen molar-refractivity contribution in [3.8, 4) is 0 Å². The number of carboxylic acid groups (broad SMARTS) is 1. The minimum absolute atomic E-state index is 0.103. The van der Waals surface area contributed by atoms with E-state index in [-0.39, 0.29) is 17.6 Å². The van der Waals surface area contributed by atoms with Gasteiger partial charge in [0.05, 0.1) is 18.7 Å². The lowest BCUT2D eigenvalue weighted by atomic mass is 10.0. The molecule has 1 N–H and O–H groups in total. The number of hydrogen-bond donors (Lipinski definition) is 1. The van der Waals surface area contributed by atoms with E-state index in [2.05, 4.69) is 0 Å². The molecule has 0 aromatic heterocycles. The number of ether oxygens (including phenoxy) is 1. The maximum atomic E-state index is 12.7. The molecule has 0 saturated carbocycles. The second-order valence-electron chi connectivity index (χ2n) is 5.85. The highest BCUT2D eigenvalue weighted by Gasteiger charge is 2.26. The van der Waals surface area contributed by atoms with Crippen molar-refractivity contribution in [3.05, 3.63) is 70.8 Å². The molecule has 124 valence electrons. The fraction of sp³-hybridized carbons (Fsp3) is 0.263. The van der Waals surface area contributed by atoms with E-state index in [1.165, 1.54) is 12.1 Å². The van der Waals surface area contributed by atoms with Crippen LogP contribution in [0.4, 0.5) is 0 Å². The fourth-order valence-corrected chi connectivity index (χ4v) is 2.91. The molecular formula is C19H19NO4. The predicted molar refractivity (Wildman–Crippen MR) is 89.2 cm³/mol. The van der Waals surface area contributed by atoms with Gasteiger partial charge < -0.3 is 14.7 Å². The number of aromatic carboxylic acids is 1. The number of hydrogen-bond acceptors (Lipinski definition) is 3. The monoisotopic (exact) mass is 325 g/mol. The highest BCUT2D eigenvalue weighted by atomic mass is 16.5. The Hall–Kier alpha value is -2.66. The summed E-state index contributed by atoms with van der Waals surface area (Å²) in [5.74, 6) is -1.10. The van der Waals surface area contributed by atoms with Crippen molar-refractivity contribution < 1.29 is 19.4 Å². The summed E-state index contributed by atoms with van der Waals surface area (Å²) in [6.45, 7) is 3.54. The van der Waals surface area contributed by atoms with E-state index in [9.17, 15) is 9.59 Å². The molecule has 1 heterocycles. The van der Waals surface area contributed by atoms with E-state index in [0.29, 0.717) is 25.3 Å². The molecule has 3 rings (SSSR count). The number of aryl methyl sites for hydroxylation is 1. The summed E-state index contributed by atoms with van der Waals surface area (Å²) >= 11 is 0. The van der Waals surface area contributed by atoms with Crippen LogP contribution in [0.1, 0.15) is 37.9 Å². The maximum absolute atomic E-state index is 12.7. The third kappa shape index (κ3) is 3.31. The van der Waals surface area contributed by atoms with Gasteiger partial charge in [0.1, 0.15) is 6.10 Å². The van der Waals surface area contributed by atoms with E-state index in [1.54, 1.807) is 17.0 Å². The van der Waals surface area contributed by atoms with Gasteiger partial charge in [0.25, 0.3) is 5.91 Å². The maximum Gasteiger partial charge on any atom is 0.335 e. The van der Waals surface area contributed by atoms with Crippen molar-refractivity contribution in [3.63, 3.8) is 0 Å². The Labute approximate surface area is 140 Å². The van der Waals surface area contributed by atoms with Gasteiger partial charge in [0.15, 0.2) is 0 Å². The summed E-state index contributed by atoms with van der Waals surface area (Å²) in [6.07, 6.45) is -0.137. The van der Waals surface area contributed by atoms with Crippen molar-refractivity contribution in [2.75, 3.05) is 19.7 Å². The summed E-state index contributed by atoms with van der Waals surface area (Å²) in [5, 5.41) is 8.94. The fourth-order valence-electron chi connectivity index (χ4n) is 2.91. The second kappa shape index (κ2) is 6.84. The van der Waals surface area contributed by atoms with Gasteiger partial charge in [0, 0.05) is 12.1 Å². The molecule has 0 bridgehead atoms. The molecule has 24 heavy (non-hydrogen) atoms. The number of nitrogens with zero attached hydrogens (tertiary/aromatic N) is 1. The van der Waals surface area contributed by atoms with Crippen molar-refractivity contribution >= 4 is 11.9 Å². The Morgan fingerprint density at radius 3 is 2.42 bits per heavy atom. The van der Waals surface area contributed by atoms with Crippen molar-refractivity contribution in [1.82, 2.24) is 4.90 Å². The zero-order valence-electron chi connectivity index (χ0n) is 13.4. The van der Waals surface area contributed by atoms with E-state index in [1.807, 2.05) is 31.2 Å². The predicted octanol–water partition coefficient (Wildman–Crippen LogP) is 2.91. The van der Waals surface area contributed by atoms with Crippen LogP contribution >= 0.6 is 0 Å². The topological polar surface area (TPSA) is 66.8 Å². The first-order chi connectivity index (χ1) is 11.6. The molecule has 0 aliphatic carbocycles. The highest BCUT2D eigenvalue weighted by Crippen LogP contribution is 2.25. The van der Waals surface area contributed by atoms with Crippen LogP contribution < -0.4 is 0 Å². The largest absolute Gasteiger partial charge is 0.478 e. The lowest BCUT2D eigenvalue weighted by Crippen LogP contribution is -2.42. The van der Waals surface area contributed by atoms with Gasteiger partial charge in [-0.25, -0.2) is 4.79 Å². The van der Waals surface area contributed by atoms with Crippen LogP contribution in [0.3, 0.4) is 0 Å². The first-order valence-electron chi connectivity index (χ1n) is 7.86. The molecule has 1 saturated heterocycles. The number of benzene rings is 2. The zero-order valence-corrected chi connectivity index (χ0v) is 13.4. The van der Waals surface area contributed by atoms with Gasteiger partial charge in [0.2, 0.25) is 0 Å².